The Balaban J connectivity index is 3.19. The number of aliphatic hydroxyl groups excluding tert-OH is 1. The van der Waals surface area contributed by atoms with Crippen LogP contribution < -0.4 is 0 Å². The standard InChI is InChI=1S/C22H46O4S/c1-3-4-19-22(23)20-17-15-13-11-9-7-5-6-8-10-12-14-16-18-21(2)27(24,25)26/h21-23H,3-20H2,1-2H3,(H,24,25,26). The third kappa shape index (κ3) is 19.0. The summed E-state index contributed by atoms with van der Waals surface area (Å²) < 4.78 is 30.7. The average molecular weight is 407 g/mol. The van der Waals surface area contributed by atoms with Crippen molar-refractivity contribution in [3.8, 4) is 0 Å². The van der Waals surface area contributed by atoms with E-state index in [0.717, 1.165) is 32.1 Å². The number of rotatable bonds is 20. The lowest BCUT2D eigenvalue weighted by Crippen LogP contribution is -2.16. The molecule has 0 fully saturated rings. The highest BCUT2D eigenvalue weighted by atomic mass is 32.2. The molecule has 2 atom stereocenters. The van der Waals surface area contributed by atoms with Crippen LogP contribution in [0.4, 0.5) is 0 Å². The van der Waals surface area contributed by atoms with Gasteiger partial charge in [-0.25, -0.2) is 0 Å². The minimum atomic E-state index is -3.84. The number of hydrogen-bond acceptors (Lipinski definition) is 3. The molecule has 0 radical (unpaired) electrons. The third-order valence-corrected chi connectivity index (χ3v) is 6.80. The van der Waals surface area contributed by atoms with Crippen molar-refractivity contribution in [1.82, 2.24) is 0 Å². The largest absolute Gasteiger partial charge is 0.393 e. The van der Waals surface area contributed by atoms with Crippen LogP contribution in [-0.2, 0) is 10.1 Å². The second-order valence-corrected chi connectivity index (χ2v) is 10.1. The fraction of sp³-hybridized carbons (Fsp3) is 1.00. The Kier molecular flexibility index (Phi) is 17.8. The lowest BCUT2D eigenvalue weighted by molar-refractivity contribution is 0.148. The molecule has 164 valence electrons. The zero-order chi connectivity index (χ0) is 20.4. The summed E-state index contributed by atoms with van der Waals surface area (Å²) in [4.78, 5) is 0. The van der Waals surface area contributed by atoms with Crippen LogP contribution >= 0.6 is 0 Å². The van der Waals surface area contributed by atoms with Gasteiger partial charge >= 0.3 is 0 Å². The van der Waals surface area contributed by atoms with Crippen LogP contribution in [0.5, 0.6) is 0 Å². The first-order valence-corrected chi connectivity index (χ1v) is 13.0. The van der Waals surface area contributed by atoms with Gasteiger partial charge in [0.05, 0.1) is 11.4 Å². The molecule has 0 aliphatic heterocycles. The van der Waals surface area contributed by atoms with Gasteiger partial charge in [0, 0.05) is 0 Å². The molecule has 0 aromatic carbocycles. The SMILES string of the molecule is CCCCC(O)CCCCCCCCCCCCCCCC(C)S(=O)(=O)O. The van der Waals surface area contributed by atoms with Gasteiger partial charge in [-0.1, -0.05) is 103 Å². The second kappa shape index (κ2) is 17.9. The van der Waals surface area contributed by atoms with Gasteiger partial charge in [-0.3, -0.25) is 4.55 Å². The molecule has 2 N–H and O–H groups in total. The smallest absolute Gasteiger partial charge is 0.267 e. The van der Waals surface area contributed by atoms with Crippen molar-refractivity contribution >= 4 is 10.1 Å². The molecule has 0 rings (SSSR count). The van der Waals surface area contributed by atoms with E-state index in [9.17, 15) is 13.5 Å². The third-order valence-electron chi connectivity index (χ3n) is 5.55. The Bertz CT molecular complexity index is 409. The van der Waals surface area contributed by atoms with Gasteiger partial charge in [0.25, 0.3) is 10.1 Å². The number of unbranched alkanes of at least 4 members (excludes halogenated alkanes) is 13. The van der Waals surface area contributed by atoms with Crippen molar-refractivity contribution in [3.63, 3.8) is 0 Å². The molecule has 0 aliphatic rings. The van der Waals surface area contributed by atoms with E-state index >= 15 is 0 Å². The summed E-state index contributed by atoms with van der Waals surface area (Å²) in [5.74, 6) is 0. The molecule has 0 saturated heterocycles. The molecule has 0 aromatic rings. The minimum Gasteiger partial charge on any atom is -0.393 e. The lowest BCUT2D eigenvalue weighted by atomic mass is 10.0. The lowest BCUT2D eigenvalue weighted by Gasteiger charge is -2.09. The summed E-state index contributed by atoms with van der Waals surface area (Å²) in [6, 6.07) is 0. The van der Waals surface area contributed by atoms with E-state index < -0.39 is 15.4 Å². The van der Waals surface area contributed by atoms with Crippen LogP contribution in [0, 0.1) is 0 Å². The van der Waals surface area contributed by atoms with Crippen LogP contribution in [0.2, 0.25) is 0 Å². The van der Waals surface area contributed by atoms with Gasteiger partial charge in [0.1, 0.15) is 0 Å². The molecule has 0 heterocycles. The first-order valence-electron chi connectivity index (χ1n) is 11.5. The summed E-state index contributed by atoms with van der Waals surface area (Å²) in [6.07, 6.45) is 20.8. The summed E-state index contributed by atoms with van der Waals surface area (Å²) in [7, 11) is -3.84. The van der Waals surface area contributed by atoms with E-state index in [2.05, 4.69) is 6.92 Å². The van der Waals surface area contributed by atoms with E-state index in [-0.39, 0.29) is 6.10 Å². The highest BCUT2D eigenvalue weighted by Crippen LogP contribution is 2.15. The van der Waals surface area contributed by atoms with E-state index in [1.165, 1.54) is 77.0 Å². The topological polar surface area (TPSA) is 74.6 Å². The maximum Gasteiger partial charge on any atom is 0.267 e. The van der Waals surface area contributed by atoms with Crippen LogP contribution in [0.1, 0.15) is 129 Å². The number of aliphatic hydroxyl groups is 1. The molecule has 27 heavy (non-hydrogen) atoms. The fourth-order valence-electron chi connectivity index (χ4n) is 3.49. The maximum atomic E-state index is 10.9. The molecule has 4 nitrogen and oxygen atoms in total. The molecule has 0 aliphatic carbocycles. The Morgan fingerprint density at radius 1 is 0.630 bits per heavy atom. The van der Waals surface area contributed by atoms with Gasteiger partial charge in [-0.2, -0.15) is 8.42 Å². The van der Waals surface area contributed by atoms with Gasteiger partial charge in [-0.05, 0) is 26.2 Å². The van der Waals surface area contributed by atoms with Crippen molar-refractivity contribution < 1.29 is 18.1 Å². The Morgan fingerprint density at radius 2 is 0.963 bits per heavy atom. The van der Waals surface area contributed by atoms with Crippen molar-refractivity contribution in [2.75, 3.05) is 0 Å². The fourth-order valence-corrected chi connectivity index (χ4v) is 3.95. The zero-order valence-corrected chi connectivity index (χ0v) is 18.8. The predicted octanol–water partition coefficient (Wildman–Crippen LogP) is 6.67. The maximum absolute atomic E-state index is 10.9. The second-order valence-electron chi connectivity index (χ2n) is 8.30. The summed E-state index contributed by atoms with van der Waals surface area (Å²) in [5.41, 5.74) is 0. The quantitative estimate of drug-likeness (QED) is 0.175. The molecule has 0 amide bonds. The predicted molar refractivity (Wildman–Crippen MR) is 116 cm³/mol. The van der Waals surface area contributed by atoms with E-state index in [0.29, 0.717) is 6.42 Å². The molecule has 0 spiro atoms. The first-order chi connectivity index (χ1) is 12.9. The highest BCUT2D eigenvalue weighted by molar-refractivity contribution is 7.86. The van der Waals surface area contributed by atoms with E-state index in [4.69, 9.17) is 4.55 Å². The van der Waals surface area contributed by atoms with Gasteiger partial charge < -0.3 is 5.11 Å². The highest BCUT2D eigenvalue weighted by Gasteiger charge is 2.15. The van der Waals surface area contributed by atoms with Crippen molar-refractivity contribution in [3.05, 3.63) is 0 Å². The minimum absolute atomic E-state index is 0.0731. The Labute approximate surface area is 169 Å². The zero-order valence-electron chi connectivity index (χ0n) is 18.0. The van der Waals surface area contributed by atoms with Gasteiger partial charge in [-0.15, -0.1) is 0 Å². The average Bonchev–Trinajstić information content (AvgIpc) is 2.62. The van der Waals surface area contributed by atoms with Crippen LogP contribution in [0.3, 0.4) is 0 Å². The Morgan fingerprint density at radius 3 is 1.33 bits per heavy atom. The molecule has 0 bridgehead atoms. The molecule has 2 unspecified atom stereocenters. The first kappa shape index (κ1) is 26.9. The van der Waals surface area contributed by atoms with Crippen LogP contribution in [0.25, 0.3) is 0 Å². The monoisotopic (exact) mass is 406 g/mol. The summed E-state index contributed by atoms with van der Waals surface area (Å²) in [6.45, 7) is 3.75. The molecule has 5 heteroatoms. The molecule has 0 aromatic heterocycles. The van der Waals surface area contributed by atoms with Gasteiger partial charge in [0.15, 0.2) is 0 Å². The van der Waals surface area contributed by atoms with Crippen LogP contribution in [-0.4, -0.2) is 29.4 Å². The number of hydrogen-bond donors (Lipinski definition) is 2. The van der Waals surface area contributed by atoms with Crippen molar-refractivity contribution in [2.45, 2.75) is 141 Å². The van der Waals surface area contributed by atoms with Crippen molar-refractivity contribution in [2.24, 2.45) is 0 Å². The summed E-state index contributed by atoms with van der Waals surface area (Å²) >= 11 is 0. The van der Waals surface area contributed by atoms with Gasteiger partial charge in [0.2, 0.25) is 0 Å². The normalized spacial score (nSPS) is 14.4. The van der Waals surface area contributed by atoms with E-state index in [1.54, 1.807) is 6.92 Å². The van der Waals surface area contributed by atoms with E-state index in [1.807, 2.05) is 0 Å². The molecular weight excluding hydrogens is 360 g/mol. The van der Waals surface area contributed by atoms with Crippen molar-refractivity contribution in [1.29, 1.82) is 0 Å². The van der Waals surface area contributed by atoms with Crippen LogP contribution in [0.15, 0.2) is 0 Å². The molecular formula is C22H46O4S. The Hall–Kier alpha value is -0.130. The summed E-state index contributed by atoms with van der Waals surface area (Å²) in [5, 5.41) is 9.17. The molecule has 0 saturated carbocycles.